The highest BCUT2D eigenvalue weighted by molar-refractivity contribution is 5.27. The SMILES string of the molecule is CCCCOCCCCCCc1ccc(OC)cc1. The Balaban J connectivity index is 1.95. The number of hydrogen-bond donors (Lipinski definition) is 0. The quantitative estimate of drug-likeness (QED) is 0.543. The maximum absolute atomic E-state index is 5.55. The number of methoxy groups -OCH3 is 1. The van der Waals surface area contributed by atoms with Gasteiger partial charge in [0.05, 0.1) is 7.11 Å². The van der Waals surface area contributed by atoms with E-state index in [2.05, 4.69) is 19.1 Å². The molecule has 0 saturated heterocycles. The van der Waals surface area contributed by atoms with Crippen LogP contribution >= 0.6 is 0 Å². The summed E-state index contributed by atoms with van der Waals surface area (Å²) in [6.45, 7) is 4.06. The summed E-state index contributed by atoms with van der Waals surface area (Å²) in [5, 5.41) is 0. The summed E-state index contributed by atoms with van der Waals surface area (Å²) < 4.78 is 10.7. The van der Waals surface area contributed by atoms with Crippen LogP contribution in [0, 0.1) is 0 Å². The van der Waals surface area contributed by atoms with E-state index in [4.69, 9.17) is 9.47 Å². The molecule has 0 fully saturated rings. The van der Waals surface area contributed by atoms with Crippen LogP contribution in [0.4, 0.5) is 0 Å². The molecule has 0 aliphatic rings. The molecule has 0 heterocycles. The third-order valence-electron chi connectivity index (χ3n) is 3.31. The van der Waals surface area contributed by atoms with E-state index in [1.807, 2.05) is 12.1 Å². The van der Waals surface area contributed by atoms with Gasteiger partial charge in [0.25, 0.3) is 0 Å². The molecule has 2 nitrogen and oxygen atoms in total. The van der Waals surface area contributed by atoms with Crippen molar-refractivity contribution in [3.63, 3.8) is 0 Å². The Hall–Kier alpha value is -1.02. The molecule has 2 heteroatoms. The Bertz CT molecular complexity index is 306. The van der Waals surface area contributed by atoms with Gasteiger partial charge in [-0.1, -0.05) is 38.3 Å². The molecule has 1 aromatic carbocycles. The third-order valence-corrected chi connectivity index (χ3v) is 3.31. The van der Waals surface area contributed by atoms with E-state index >= 15 is 0 Å². The number of ether oxygens (including phenoxy) is 2. The van der Waals surface area contributed by atoms with Gasteiger partial charge in [-0.3, -0.25) is 0 Å². The minimum absolute atomic E-state index is 0.933. The molecule has 0 N–H and O–H groups in total. The normalized spacial score (nSPS) is 10.6. The second-order valence-corrected chi connectivity index (χ2v) is 4.98. The van der Waals surface area contributed by atoms with E-state index in [1.54, 1.807) is 7.11 Å². The lowest BCUT2D eigenvalue weighted by Crippen LogP contribution is -1.96. The molecule has 0 aliphatic carbocycles. The molecular weight excluding hydrogens is 236 g/mol. The van der Waals surface area contributed by atoms with Gasteiger partial charge in [-0.05, 0) is 43.4 Å². The zero-order valence-corrected chi connectivity index (χ0v) is 12.5. The van der Waals surface area contributed by atoms with E-state index < -0.39 is 0 Å². The number of aryl methyl sites for hydroxylation is 1. The second kappa shape index (κ2) is 10.9. The van der Waals surface area contributed by atoms with Crippen molar-refractivity contribution in [2.75, 3.05) is 20.3 Å². The van der Waals surface area contributed by atoms with Gasteiger partial charge in [-0.15, -0.1) is 0 Å². The van der Waals surface area contributed by atoms with Crippen molar-refractivity contribution >= 4 is 0 Å². The van der Waals surface area contributed by atoms with E-state index in [0.717, 1.165) is 19.0 Å². The van der Waals surface area contributed by atoms with Gasteiger partial charge >= 0.3 is 0 Å². The first-order valence-electron chi connectivity index (χ1n) is 7.57. The number of hydrogen-bond acceptors (Lipinski definition) is 2. The zero-order chi connectivity index (χ0) is 13.8. The maximum atomic E-state index is 5.55. The topological polar surface area (TPSA) is 18.5 Å². The highest BCUT2D eigenvalue weighted by atomic mass is 16.5. The zero-order valence-electron chi connectivity index (χ0n) is 12.5. The minimum atomic E-state index is 0.933. The fraction of sp³-hybridized carbons (Fsp3) is 0.647. The monoisotopic (exact) mass is 264 g/mol. The van der Waals surface area contributed by atoms with E-state index in [-0.39, 0.29) is 0 Å². The summed E-state index contributed by atoms with van der Waals surface area (Å²) in [6.07, 6.45) is 8.62. The number of unbranched alkanes of at least 4 members (excludes halogenated alkanes) is 4. The lowest BCUT2D eigenvalue weighted by atomic mass is 10.1. The van der Waals surface area contributed by atoms with Crippen LogP contribution in [0.5, 0.6) is 5.75 Å². The van der Waals surface area contributed by atoms with E-state index in [9.17, 15) is 0 Å². The molecule has 0 aromatic heterocycles. The summed E-state index contributed by atoms with van der Waals surface area (Å²) in [5.74, 6) is 0.938. The standard InChI is InChI=1S/C17H28O2/c1-3-4-14-19-15-8-6-5-7-9-16-10-12-17(18-2)13-11-16/h10-13H,3-9,14-15H2,1-2H3. The number of rotatable bonds is 11. The fourth-order valence-electron chi connectivity index (χ4n) is 2.03. The number of benzene rings is 1. The molecule has 1 rings (SSSR count). The molecule has 0 aliphatic heterocycles. The molecule has 0 saturated carbocycles. The summed E-state index contributed by atoms with van der Waals surface area (Å²) in [5.41, 5.74) is 1.40. The predicted molar refractivity (Wildman–Crippen MR) is 80.9 cm³/mol. The average Bonchev–Trinajstić information content (AvgIpc) is 2.46. The minimum Gasteiger partial charge on any atom is -0.497 e. The van der Waals surface area contributed by atoms with Gasteiger partial charge in [0.1, 0.15) is 5.75 Å². The molecule has 0 atom stereocenters. The van der Waals surface area contributed by atoms with Crippen molar-refractivity contribution in [1.82, 2.24) is 0 Å². The van der Waals surface area contributed by atoms with Gasteiger partial charge in [-0.25, -0.2) is 0 Å². The first-order chi connectivity index (χ1) is 9.36. The van der Waals surface area contributed by atoms with Crippen molar-refractivity contribution < 1.29 is 9.47 Å². The van der Waals surface area contributed by atoms with Crippen LogP contribution in [0.15, 0.2) is 24.3 Å². The van der Waals surface area contributed by atoms with Crippen molar-refractivity contribution in [2.24, 2.45) is 0 Å². The second-order valence-electron chi connectivity index (χ2n) is 4.98. The van der Waals surface area contributed by atoms with Crippen molar-refractivity contribution in [3.05, 3.63) is 29.8 Å². The van der Waals surface area contributed by atoms with E-state index in [0.29, 0.717) is 0 Å². The summed E-state index contributed by atoms with van der Waals surface area (Å²) in [6, 6.07) is 8.40. The van der Waals surface area contributed by atoms with E-state index in [1.165, 1.54) is 50.5 Å². The molecule has 19 heavy (non-hydrogen) atoms. The molecular formula is C17H28O2. The Morgan fingerprint density at radius 1 is 0.842 bits per heavy atom. The van der Waals surface area contributed by atoms with Crippen molar-refractivity contribution in [3.8, 4) is 5.75 Å². The van der Waals surface area contributed by atoms with Crippen LogP contribution in [0.25, 0.3) is 0 Å². The lowest BCUT2D eigenvalue weighted by molar-refractivity contribution is 0.127. The molecule has 0 unspecified atom stereocenters. The fourth-order valence-corrected chi connectivity index (χ4v) is 2.03. The molecule has 0 radical (unpaired) electrons. The summed E-state index contributed by atoms with van der Waals surface area (Å²) in [4.78, 5) is 0. The predicted octanol–water partition coefficient (Wildman–Crippen LogP) is 4.61. The lowest BCUT2D eigenvalue weighted by Gasteiger charge is -2.05. The van der Waals surface area contributed by atoms with Crippen LogP contribution in [-0.4, -0.2) is 20.3 Å². The van der Waals surface area contributed by atoms with Gasteiger partial charge in [0.15, 0.2) is 0 Å². The molecule has 108 valence electrons. The largest absolute Gasteiger partial charge is 0.497 e. The summed E-state index contributed by atoms with van der Waals surface area (Å²) >= 11 is 0. The van der Waals surface area contributed by atoms with Gasteiger partial charge in [0.2, 0.25) is 0 Å². The molecule has 1 aromatic rings. The molecule has 0 spiro atoms. The Kier molecular flexibility index (Phi) is 9.17. The van der Waals surface area contributed by atoms with Crippen LogP contribution in [0.1, 0.15) is 51.0 Å². The molecule has 0 amide bonds. The Morgan fingerprint density at radius 3 is 2.21 bits per heavy atom. The van der Waals surface area contributed by atoms with Gasteiger partial charge in [-0.2, -0.15) is 0 Å². The van der Waals surface area contributed by atoms with Crippen LogP contribution in [0.3, 0.4) is 0 Å². The molecule has 0 bridgehead atoms. The Morgan fingerprint density at radius 2 is 1.53 bits per heavy atom. The maximum Gasteiger partial charge on any atom is 0.118 e. The third kappa shape index (κ3) is 7.89. The Labute approximate surface area is 118 Å². The highest BCUT2D eigenvalue weighted by Crippen LogP contribution is 2.13. The average molecular weight is 264 g/mol. The highest BCUT2D eigenvalue weighted by Gasteiger charge is 1.96. The first kappa shape index (κ1) is 16.0. The van der Waals surface area contributed by atoms with Crippen LogP contribution in [-0.2, 0) is 11.2 Å². The first-order valence-corrected chi connectivity index (χ1v) is 7.57. The smallest absolute Gasteiger partial charge is 0.118 e. The van der Waals surface area contributed by atoms with Gasteiger partial charge in [0, 0.05) is 13.2 Å². The summed E-state index contributed by atoms with van der Waals surface area (Å²) in [7, 11) is 1.71. The van der Waals surface area contributed by atoms with Crippen LogP contribution < -0.4 is 4.74 Å². The van der Waals surface area contributed by atoms with Crippen molar-refractivity contribution in [1.29, 1.82) is 0 Å². The van der Waals surface area contributed by atoms with Crippen molar-refractivity contribution in [2.45, 2.75) is 51.9 Å². The van der Waals surface area contributed by atoms with Crippen LogP contribution in [0.2, 0.25) is 0 Å². The van der Waals surface area contributed by atoms with Gasteiger partial charge < -0.3 is 9.47 Å².